The Morgan fingerprint density at radius 1 is 1.42 bits per heavy atom. The van der Waals surface area contributed by atoms with Gasteiger partial charge in [0.2, 0.25) is 5.91 Å². The standard InChI is InChI=1S/C13H22N2O4/c1-2-19-13(17)11-5-3-4-7-15(11)12(16)10-9-18-8-6-14-10/h10-11,14H,2-9H2,1H3. The molecule has 0 aromatic rings. The smallest absolute Gasteiger partial charge is 0.328 e. The van der Waals surface area contributed by atoms with Crippen molar-refractivity contribution in [3.63, 3.8) is 0 Å². The van der Waals surface area contributed by atoms with Crippen LogP contribution >= 0.6 is 0 Å². The van der Waals surface area contributed by atoms with Crippen LogP contribution in [-0.4, -0.2) is 61.8 Å². The lowest BCUT2D eigenvalue weighted by Gasteiger charge is -2.37. The van der Waals surface area contributed by atoms with Crippen molar-refractivity contribution in [1.29, 1.82) is 0 Å². The summed E-state index contributed by atoms with van der Waals surface area (Å²) in [7, 11) is 0. The second kappa shape index (κ2) is 6.86. The van der Waals surface area contributed by atoms with Gasteiger partial charge in [-0.2, -0.15) is 0 Å². The van der Waals surface area contributed by atoms with Gasteiger partial charge in [0.05, 0.1) is 19.8 Å². The topological polar surface area (TPSA) is 67.9 Å². The van der Waals surface area contributed by atoms with Crippen molar-refractivity contribution in [2.45, 2.75) is 38.3 Å². The number of likely N-dealkylation sites (tertiary alicyclic amines) is 1. The summed E-state index contributed by atoms with van der Waals surface area (Å²) in [5, 5.41) is 3.14. The summed E-state index contributed by atoms with van der Waals surface area (Å²) >= 11 is 0. The SMILES string of the molecule is CCOC(=O)C1CCCCN1C(=O)C1COCCN1. The van der Waals surface area contributed by atoms with E-state index in [0.29, 0.717) is 39.3 Å². The highest BCUT2D eigenvalue weighted by molar-refractivity contribution is 5.88. The third-order valence-electron chi connectivity index (χ3n) is 3.56. The monoisotopic (exact) mass is 270 g/mol. The highest BCUT2D eigenvalue weighted by Gasteiger charge is 2.36. The number of piperidine rings is 1. The van der Waals surface area contributed by atoms with Crippen molar-refractivity contribution in [2.75, 3.05) is 32.9 Å². The molecule has 19 heavy (non-hydrogen) atoms. The maximum absolute atomic E-state index is 12.4. The van der Waals surface area contributed by atoms with Crippen molar-refractivity contribution >= 4 is 11.9 Å². The Hall–Kier alpha value is -1.14. The number of ether oxygens (including phenoxy) is 2. The van der Waals surface area contributed by atoms with Crippen LogP contribution in [0.4, 0.5) is 0 Å². The van der Waals surface area contributed by atoms with Crippen LogP contribution in [0.3, 0.4) is 0 Å². The first kappa shape index (κ1) is 14.3. The molecular formula is C13H22N2O4. The van der Waals surface area contributed by atoms with Gasteiger partial charge in [-0.15, -0.1) is 0 Å². The first-order valence-electron chi connectivity index (χ1n) is 7.02. The zero-order valence-corrected chi connectivity index (χ0v) is 11.4. The summed E-state index contributed by atoms with van der Waals surface area (Å²) in [5.41, 5.74) is 0. The molecule has 2 aliphatic rings. The quantitative estimate of drug-likeness (QED) is 0.727. The predicted molar refractivity (Wildman–Crippen MR) is 68.6 cm³/mol. The number of carbonyl (C=O) groups excluding carboxylic acids is 2. The van der Waals surface area contributed by atoms with Crippen LogP contribution in [-0.2, 0) is 19.1 Å². The molecule has 0 bridgehead atoms. The molecule has 0 aliphatic carbocycles. The van der Waals surface area contributed by atoms with E-state index < -0.39 is 6.04 Å². The molecule has 0 radical (unpaired) electrons. The number of nitrogens with one attached hydrogen (secondary N) is 1. The summed E-state index contributed by atoms with van der Waals surface area (Å²) in [6.45, 7) is 4.44. The summed E-state index contributed by atoms with van der Waals surface area (Å²) < 4.78 is 10.4. The van der Waals surface area contributed by atoms with Crippen LogP contribution in [0.2, 0.25) is 0 Å². The van der Waals surface area contributed by atoms with Gasteiger partial charge in [0.1, 0.15) is 12.1 Å². The van der Waals surface area contributed by atoms with Crippen LogP contribution in [0.15, 0.2) is 0 Å². The lowest BCUT2D eigenvalue weighted by atomic mass is 10.0. The highest BCUT2D eigenvalue weighted by atomic mass is 16.5. The minimum absolute atomic E-state index is 0.0440. The first-order chi connectivity index (χ1) is 9.24. The largest absolute Gasteiger partial charge is 0.464 e. The van der Waals surface area contributed by atoms with E-state index in [1.165, 1.54) is 0 Å². The number of nitrogens with zero attached hydrogens (tertiary/aromatic N) is 1. The van der Waals surface area contributed by atoms with Crippen molar-refractivity contribution in [1.82, 2.24) is 10.2 Å². The molecule has 2 aliphatic heterocycles. The van der Waals surface area contributed by atoms with E-state index in [-0.39, 0.29) is 17.9 Å². The van der Waals surface area contributed by atoms with E-state index in [9.17, 15) is 9.59 Å². The van der Waals surface area contributed by atoms with Gasteiger partial charge in [-0.25, -0.2) is 4.79 Å². The van der Waals surface area contributed by atoms with Gasteiger partial charge in [0, 0.05) is 13.1 Å². The predicted octanol–water partition coefficient (Wildman–Crippen LogP) is -0.0810. The zero-order chi connectivity index (χ0) is 13.7. The van der Waals surface area contributed by atoms with E-state index >= 15 is 0 Å². The Morgan fingerprint density at radius 2 is 2.26 bits per heavy atom. The lowest BCUT2D eigenvalue weighted by molar-refractivity contribution is -0.158. The van der Waals surface area contributed by atoms with Gasteiger partial charge in [-0.3, -0.25) is 4.79 Å². The van der Waals surface area contributed by atoms with Gasteiger partial charge in [-0.1, -0.05) is 0 Å². The van der Waals surface area contributed by atoms with E-state index in [4.69, 9.17) is 9.47 Å². The minimum Gasteiger partial charge on any atom is -0.464 e. The summed E-state index contributed by atoms with van der Waals surface area (Å²) in [6, 6.07) is -0.756. The fraction of sp³-hybridized carbons (Fsp3) is 0.846. The summed E-state index contributed by atoms with van der Waals surface area (Å²) in [5.74, 6) is -0.329. The fourth-order valence-electron chi connectivity index (χ4n) is 2.60. The fourth-order valence-corrected chi connectivity index (χ4v) is 2.60. The number of amides is 1. The molecular weight excluding hydrogens is 248 g/mol. The lowest BCUT2D eigenvalue weighted by Crippen LogP contribution is -2.58. The zero-order valence-electron chi connectivity index (χ0n) is 11.4. The molecule has 1 amide bonds. The van der Waals surface area contributed by atoms with Gasteiger partial charge < -0.3 is 19.7 Å². The second-order valence-corrected chi connectivity index (χ2v) is 4.88. The molecule has 2 saturated heterocycles. The highest BCUT2D eigenvalue weighted by Crippen LogP contribution is 2.19. The molecule has 1 N–H and O–H groups in total. The van der Waals surface area contributed by atoms with Crippen LogP contribution in [0.25, 0.3) is 0 Å². The van der Waals surface area contributed by atoms with Gasteiger partial charge in [0.15, 0.2) is 0 Å². The molecule has 108 valence electrons. The third kappa shape index (κ3) is 3.45. The third-order valence-corrected chi connectivity index (χ3v) is 3.56. The molecule has 2 fully saturated rings. The maximum Gasteiger partial charge on any atom is 0.328 e. The number of esters is 1. The van der Waals surface area contributed by atoms with Crippen molar-refractivity contribution in [2.24, 2.45) is 0 Å². The van der Waals surface area contributed by atoms with Crippen LogP contribution in [0.5, 0.6) is 0 Å². The Labute approximate surface area is 113 Å². The number of hydrogen-bond donors (Lipinski definition) is 1. The molecule has 0 aromatic heterocycles. The average molecular weight is 270 g/mol. The Kier molecular flexibility index (Phi) is 5.15. The molecule has 2 heterocycles. The number of carbonyl (C=O) groups is 2. The Bertz CT molecular complexity index is 329. The van der Waals surface area contributed by atoms with E-state index in [0.717, 1.165) is 12.8 Å². The Morgan fingerprint density at radius 3 is 2.95 bits per heavy atom. The molecule has 0 spiro atoms. The molecule has 2 unspecified atom stereocenters. The second-order valence-electron chi connectivity index (χ2n) is 4.88. The number of rotatable bonds is 3. The summed E-state index contributed by atoms with van der Waals surface area (Å²) in [4.78, 5) is 26.0. The molecule has 0 aromatic carbocycles. The van der Waals surface area contributed by atoms with Crippen LogP contribution in [0, 0.1) is 0 Å². The van der Waals surface area contributed by atoms with Gasteiger partial charge in [-0.05, 0) is 26.2 Å². The number of morpholine rings is 1. The van der Waals surface area contributed by atoms with Crippen molar-refractivity contribution in [3.05, 3.63) is 0 Å². The molecule has 2 atom stereocenters. The van der Waals surface area contributed by atoms with Gasteiger partial charge >= 0.3 is 5.97 Å². The van der Waals surface area contributed by atoms with E-state index in [2.05, 4.69) is 5.32 Å². The van der Waals surface area contributed by atoms with Gasteiger partial charge in [0.25, 0.3) is 0 Å². The molecule has 6 heteroatoms. The van der Waals surface area contributed by atoms with E-state index in [1.54, 1.807) is 11.8 Å². The first-order valence-corrected chi connectivity index (χ1v) is 7.02. The number of hydrogen-bond acceptors (Lipinski definition) is 5. The van der Waals surface area contributed by atoms with E-state index in [1.807, 2.05) is 0 Å². The molecule has 0 saturated carbocycles. The normalized spacial score (nSPS) is 27.9. The van der Waals surface area contributed by atoms with Crippen LogP contribution in [0.1, 0.15) is 26.2 Å². The van der Waals surface area contributed by atoms with Crippen molar-refractivity contribution < 1.29 is 19.1 Å². The van der Waals surface area contributed by atoms with Crippen molar-refractivity contribution in [3.8, 4) is 0 Å². The molecule has 2 rings (SSSR count). The Balaban J connectivity index is 2.01. The maximum atomic E-state index is 12.4. The van der Waals surface area contributed by atoms with Crippen LogP contribution < -0.4 is 5.32 Å². The molecule has 6 nitrogen and oxygen atoms in total. The average Bonchev–Trinajstić information content (AvgIpc) is 2.47. The minimum atomic E-state index is -0.426. The summed E-state index contributed by atoms with van der Waals surface area (Å²) in [6.07, 6.45) is 2.59.